The molecule has 1 aliphatic heterocycles. The zero-order chi connectivity index (χ0) is 18.6. The fraction of sp³-hybridized carbons (Fsp3) is 0.227. The number of hydrogen-bond acceptors (Lipinski definition) is 3. The van der Waals surface area contributed by atoms with Gasteiger partial charge in [0.25, 0.3) is 5.91 Å². The predicted molar refractivity (Wildman–Crippen MR) is 106 cm³/mol. The molecule has 5 heteroatoms. The number of carbonyl (C=O) groups excluding carboxylic acids is 1. The van der Waals surface area contributed by atoms with Crippen molar-refractivity contribution in [3.05, 3.63) is 94.5 Å². The van der Waals surface area contributed by atoms with Crippen molar-refractivity contribution >= 4 is 17.5 Å². The lowest BCUT2D eigenvalue weighted by Crippen LogP contribution is -2.31. The van der Waals surface area contributed by atoms with Crippen molar-refractivity contribution in [1.29, 1.82) is 0 Å². The molecule has 1 atom stereocenters. The van der Waals surface area contributed by atoms with E-state index in [1.54, 1.807) is 12.3 Å². The molecule has 1 aromatic carbocycles. The third-order valence-corrected chi connectivity index (χ3v) is 5.12. The van der Waals surface area contributed by atoms with E-state index in [0.29, 0.717) is 5.69 Å². The molecule has 0 unspecified atom stereocenters. The Morgan fingerprint density at radius 3 is 2.70 bits per heavy atom. The number of aromatic nitrogens is 2. The van der Waals surface area contributed by atoms with Crippen molar-refractivity contribution in [2.24, 2.45) is 0 Å². The highest BCUT2D eigenvalue weighted by molar-refractivity contribution is 6.30. The first kappa shape index (κ1) is 17.7. The van der Waals surface area contributed by atoms with Gasteiger partial charge in [0, 0.05) is 29.9 Å². The van der Waals surface area contributed by atoms with Crippen LogP contribution in [0.4, 0.5) is 0 Å². The standard InChI is InChI=1S/C22H20ClN3O/c23-17-11-9-16(10-12-17)15-18-5-3-7-19(25-18)21-8-4-14-26(21)22(27)20-6-1-2-13-24-20/h1-3,5-7,9-13,21H,4,8,14-15H2/t21-/m0/s1. The van der Waals surface area contributed by atoms with Gasteiger partial charge >= 0.3 is 0 Å². The normalized spacial score (nSPS) is 16.5. The van der Waals surface area contributed by atoms with Crippen LogP contribution in [0.3, 0.4) is 0 Å². The molecule has 0 bridgehead atoms. The number of benzene rings is 1. The number of rotatable bonds is 4. The number of halogens is 1. The molecule has 4 rings (SSSR count). The summed E-state index contributed by atoms with van der Waals surface area (Å²) in [4.78, 5) is 23.8. The van der Waals surface area contributed by atoms with E-state index in [2.05, 4.69) is 4.98 Å². The van der Waals surface area contributed by atoms with Crippen LogP contribution < -0.4 is 0 Å². The summed E-state index contributed by atoms with van der Waals surface area (Å²) in [6, 6.07) is 19.3. The maximum Gasteiger partial charge on any atom is 0.273 e. The second-order valence-corrected chi connectivity index (χ2v) is 7.17. The molecule has 0 N–H and O–H groups in total. The third-order valence-electron chi connectivity index (χ3n) is 4.87. The van der Waals surface area contributed by atoms with Crippen molar-refractivity contribution < 1.29 is 4.79 Å². The number of nitrogens with zero attached hydrogens (tertiary/aromatic N) is 3. The van der Waals surface area contributed by atoms with Crippen LogP contribution in [-0.4, -0.2) is 27.3 Å². The fourth-order valence-corrected chi connectivity index (χ4v) is 3.67. The summed E-state index contributed by atoms with van der Waals surface area (Å²) in [5.74, 6) is -0.0250. The van der Waals surface area contributed by atoms with Crippen LogP contribution in [-0.2, 0) is 6.42 Å². The molecule has 4 nitrogen and oxygen atoms in total. The molecule has 0 spiro atoms. The highest BCUT2D eigenvalue weighted by Gasteiger charge is 2.32. The van der Waals surface area contributed by atoms with Crippen LogP contribution in [0, 0.1) is 0 Å². The summed E-state index contributed by atoms with van der Waals surface area (Å²) in [5.41, 5.74) is 3.59. The summed E-state index contributed by atoms with van der Waals surface area (Å²) in [6.45, 7) is 0.739. The van der Waals surface area contributed by atoms with Gasteiger partial charge in [-0.25, -0.2) is 0 Å². The predicted octanol–water partition coefficient (Wildman–Crippen LogP) is 4.70. The van der Waals surface area contributed by atoms with E-state index >= 15 is 0 Å². The van der Waals surface area contributed by atoms with E-state index in [1.165, 1.54) is 0 Å². The Morgan fingerprint density at radius 2 is 1.93 bits per heavy atom. The highest BCUT2D eigenvalue weighted by atomic mass is 35.5. The van der Waals surface area contributed by atoms with Crippen molar-refractivity contribution in [2.45, 2.75) is 25.3 Å². The van der Waals surface area contributed by atoms with E-state index in [9.17, 15) is 4.79 Å². The lowest BCUT2D eigenvalue weighted by Gasteiger charge is -2.24. The van der Waals surface area contributed by atoms with E-state index in [0.717, 1.165) is 47.8 Å². The topological polar surface area (TPSA) is 46.1 Å². The van der Waals surface area contributed by atoms with E-state index < -0.39 is 0 Å². The van der Waals surface area contributed by atoms with Gasteiger partial charge in [-0.1, -0.05) is 35.9 Å². The molecule has 136 valence electrons. The molecule has 2 aromatic heterocycles. The lowest BCUT2D eigenvalue weighted by molar-refractivity contribution is 0.0727. The minimum atomic E-state index is -0.0250. The minimum absolute atomic E-state index is 0.00433. The van der Waals surface area contributed by atoms with Gasteiger partial charge in [0.05, 0.1) is 11.7 Å². The summed E-state index contributed by atoms with van der Waals surface area (Å²) in [5, 5.41) is 0.732. The van der Waals surface area contributed by atoms with Crippen molar-refractivity contribution in [3.8, 4) is 0 Å². The second-order valence-electron chi connectivity index (χ2n) is 6.73. The van der Waals surface area contributed by atoms with Crippen LogP contribution in [0.5, 0.6) is 0 Å². The van der Waals surface area contributed by atoms with Gasteiger partial charge in [-0.15, -0.1) is 0 Å². The molecule has 1 amide bonds. The van der Waals surface area contributed by atoms with Crippen molar-refractivity contribution in [3.63, 3.8) is 0 Å². The fourth-order valence-electron chi connectivity index (χ4n) is 3.55. The molecule has 3 heterocycles. The molecule has 1 saturated heterocycles. The molecule has 1 aliphatic rings. The summed E-state index contributed by atoms with van der Waals surface area (Å²) in [6.07, 6.45) is 4.30. The molecule has 0 radical (unpaired) electrons. The smallest absolute Gasteiger partial charge is 0.273 e. The van der Waals surface area contributed by atoms with Gasteiger partial charge < -0.3 is 4.90 Å². The zero-order valence-corrected chi connectivity index (χ0v) is 15.6. The maximum absolute atomic E-state index is 12.9. The average molecular weight is 378 g/mol. The largest absolute Gasteiger partial charge is 0.329 e. The summed E-state index contributed by atoms with van der Waals surface area (Å²) >= 11 is 5.96. The average Bonchev–Trinajstić information content (AvgIpc) is 3.20. The Kier molecular flexibility index (Phi) is 5.16. The van der Waals surface area contributed by atoms with Crippen molar-refractivity contribution in [2.75, 3.05) is 6.54 Å². The zero-order valence-electron chi connectivity index (χ0n) is 14.9. The minimum Gasteiger partial charge on any atom is -0.329 e. The van der Waals surface area contributed by atoms with Crippen molar-refractivity contribution in [1.82, 2.24) is 14.9 Å². The Balaban J connectivity index is 1.55. The first-order chi connectivity index (χ1) is 13.2. The van der Waals surface area contributed by atoms with E-state index in [4.69, 9.17) is 16.6 Å². The number of likely N-dealkylation sites (tertiary alicyclic amines) is 1. The number of hydrogen-bond donors (Lipinski definition) is 0. The molecule has 27 heavy (non-hydrogen) atoms. The van der Waals surface area contributed by atoms with E-state index in [-0.39, 0.29) is 11.9 Å². The van der Waals surface area contributed by atoms with Gasteiger partial charge in [-0.2, -0.15) is 0 Å². The molecular formula is C22H20ClN3O. The SMILES string of the molecule is O=C(c1ccccn1)N1CCC[C@H]1c1cccc(Cc2ccc(Cl)cc2)n1. The van der Waals surface area contributed by atoms with Gasteiger partial charge in [0.15, 0.2) is 0 Å². The molecule has 0 saturated carbocycles. The van der Waals surface area contributed by atoms with Crippen LogP contribution >= 0.6 is 11.6 Å². The Labute approximate surface area is 163 Å². The Bertz CT molecular complexity index is 928. The number of pyridine rings is 2. The van der Waals surface area contributed by atoms with Gasteiger partial charge in [-0.05, 0) is 54.8 Å². The van der Waals surface area contributed by atoms with Crippen LogP contribution in [0.1, 0.15) is 46.3 Å². The van der Waals surface area contributed by atoms with Gasteiger partial charge in [0.2, 0.25) is 0 Å². The first-order valence-corrected chi connectivity index (χ1v) is 9.51. The monoisotopic (exact) mass is 377 g/mol. The van der Waals surface area contributed by atoms with Gasteiger partial charge in [-0.3, -0.25) is 14.8 Å². The lowest BCUT2D eigenvalue weighted by atomic mass is 10.1. The molecule has 3 aromatic rings. The first-order valence-electron chi connectivity index (χ1n) is 9.13. The molecular weight excluding hydrogens is 358 g/mol. The third kappa shape index (κ3) is 4.01. The Morgan fingerprint density at radius 1 is 1.07 bits per heavy atom. The number of carbonyl (C=O) groups is 1. The number of amides is 1. The summed E-state index contributed by atoms with van der Waals surface area (Å²) in [7, 11) is 0. The van der Waals surface area contributed by atoms with E-state index in [1.807, 2.05) is 59.5 Å². The summed E-state index contributed by atoms with van der Waals surface area (Å²) < 4.78 is 0. The quantitative estimate of drug-likeness (QED) is 0.662. The highest BCUT2D eigenvalue weighted by Crippen LogP contribution is 2.32. The van der Waals surface area contributed by atoms with Crippen LogP contribution in [0.2, 0.25) is 5.02 Å². The van der Waals surface area contributed by atoms with Crippen LogP contribution in [0.25, 0.3) is 0 Å². The Hall–Kier alpha value is -2.72. The van der Waals surface area contributed by atoms with Gasteiger partial charge in [0.1, 0.15) is 5.69 Å². The second kappa shape index (κ2) is 7.89. The molecule has 1 fully saturated rings. The molecule has 0 aliphatic carbocycles. The van der Waals surface area contributed by atoms with Crippen LogP contribution in [0.15, 0.2) is 66.9 Å². The maximum atomic E-state index is 12.9.